The van der Waals surface area contributed by atoms with Crippen LogP contribution in [0.5, 0.6) is 0 Å². The average molecular weight is 256 g/mol. The Morgan fingerprint density at radius 1 is 1.35 bits per heavy atom. The van der Waals surface area contributed by atoms with Gasteiger partial charge in [-0.05, 0) is 25.8 Å². The van der Waals surface area contributed by atoms with E-state index in [1.165, 1.54) is 0 Å². The summed E-state index contributed by atoms with van der Waals surface area (Å²) in [6.07, 6.45) is 4.09. The third-order valence-electron chi connectivity index (χ3n) is 3.24. The number of rotatable bonds is 3. The summed E-state index contributed by atoms with van der Waals surface area (Å²) in [6.45, 7) is 0.932. The number of carbonyl (C=O) groups excluding carboxylic acids is 1. The van der Waals surface area contributed by atoms with Gasteiger partial charge in [-0.2, -0.15) is 0 Å². The average Bonchev–Trinajstić information content (AvgIpc) is 2.39. The summed E-state index contributed by atoms with van der Waals surface area (Å²) in [4.78, 5) is 11.0. The fraction of sp³-hybridized carbons (Fsp3) is 0.462. The molecule has 0 aliphatic carbocycles. The van der Waals surface area contributed by atoms with Crippen molar-refractivity contribution >= 4 is 18.7 Å². The van der Waals surface area contributed by atoms with Gasteiger partial charge < -0.3 is 4.74 Å². The van der Waals surface area contributed by atoms with Gasteiger partial charge >= 0.3 is 0 Å². The Balaban J connectivity index is 0.00000144. The number of methoxy groups -OCH3 is 1. The molecule has 0 amide bonds. The van der Waals surface area contributed by atoms with Crippen LogP contribution < -0.4 is 5.32 Å². The van der Waals surface area contributed by atoms with E-state index in [0.717, 1.165) is 37.7 Å². The van der Waals surface area contributed by atoms with Crippen molar-refractivity contribution in [2.45, 2.75) is 25.0 Å². The van der Waals surface area contributed by atoms with E-state index in [1.54, 1.807) is 7.11 Å². The number of nitrogens with one attached hydrogen (secondary N) is 1. The van der Waals surface area contributed by atoms with E-state index in [-0.39, 0.29) is 12.4 Å². The van der Waals surface area contributed by atoms with Gasteiger partial charge in [-0.3, -0.25) is 10.1 Å². The summed E-state index contributed by atoms with van der Waals surface area (Å²) in [6, 6.07) is 7.61. The second-order valence-electron chi connectivity index (χ2n) is 4.12. The predicted octanol–water partition coefficient (Wildman–Crippen LogP) is 2.49. The number of benzene rings is 1. The molecule has 1 heterocycles. The lowest BCUT2D eigenvalue weighted by Crippen LogP contribution is -2.47. The number of ether oxygens (including phenoxy) is 1. The molecule has 1 aliphatic rings. The van der Waals surface area contributed by atoms with Gasteiger partial charge in [0.1, 0.15) is 12.0 Å². The Bertz CT molecular complexity index is 375. The first-order chi connectivity index (χ1) is 7.82. The van der Waals surface area contributed by atoms with Gasteiger partial charge in [-0.25, -0.2) is 0 Å². The van der Waals surface area contributed by atoms with Crippen molar-refractivity contribution in [1.82, 2.24) is 5.32 Å². The molecule has 4 heteroatoms. The minimum Gasteiger partial charge on any atom is -0.360 e. The van der Waals surface area contributed by atoms with Gasteiger partial charge in [0, 0.05) is 18.2 Å². The van der Waals surface area contributed by atoms with Crippen LogP contribution in [0.4, 0.5) is 0 Å². The molecule has 2 rings (SSSR count). The summed E-state index contributed by atoms with van der Waals surface area (Å²) in [7, 11) is 1.69. The van der Waals surface area contributed by atoms with Gasteiger partial charge in [-0.15, -0.1) is 12.4 Å². The van der Waals surface area contributed by atoms with Crippen LogP contribution in [0.25, 0.3) is 0 Å². The van der Waals surface area contributed by atoms with Crippen LogP contribution in [0.2, 0.25) is 0 Å². The number of piperidine rings is 1. The van der Waals surface area contributed by atoms with Gasteiger partial charge in [0.25, 0.3) is 0 Å². The summed E-state index contributed by atoms with van der Waals surface area (Å²) in [5, 5.41) is 3.39. The second-order valence-corrected chi connectivity index (χ2v) is 4.12. The lowest BCUT2D eigenvalue weighted by Gasteiger charge is -2.38. The Kier molecular flexibility index (Phi) is 5.12. The first kappa shape index (κ1) is 14.2. The maximum atomic E-state index is 11.0. The van der Waals surface area contributed by atoms with Crippen molar-refractivity contribution in [2.75, 3.05) is 13.7 Å². The SMILES string of the molecule is CO[C@]1(c2ccccc2C=O)CCCCN1.Cl. The summed E-state index contributed by atoms with van der Waals surface area (Å²) >= 11 is 0. The van der Waals surface area contributed by atoms with Crippen LogP contribution in [0.1, 0.15) is 35.2 Å². The zero-order valence-corrected chi connectivity index (χ0v) is 10.8. The zero-order valence-electron chi connectivity index (χ0n) is 9.94. The van der Waals surface area contributed by atoms with Crippen LogP contribution in [-0.2, 0) is 10.5 Å². The highest BCUT2D eigenvalue weighted by Gasteiger charge is 2.34. The Hall–Kier alpha value is -0.900. The van der Waals surface area contributed by atoms with Crippen molar-refractivity contribution in [2.24, 2.45) is 0 Å². The van der Waals surface area contributed by atoms with Gasteiger partial charge in [0.2, 0.25) is 0 Å². The number of carbonyl (C=O) groups is 1. The molecule has 0 bridgehead atoms. The fourth-order valence-electron chi connectivity index (χ4n) is 2.36. The predicted molar refractivity (Wildman–Crippen MR) is 69.6 cm³/mol. The quantitative estimate of drug-likeness (QED) is 0.844. The molecule has 94 valence electrons. The van der Waals surface area contributed by atoms with E-state index in [4.69, 9.17) is 4.74 Å². The molecule has 0 saturated carbocycles. The third kappa shape index (κ3) is 2.68. The largest absolute Gasteiger partial charge is 0.360 e. The van der Waals surface area contributed by atoms with Crippen molar-refractivity contribution in [3.05, 3.63) is 35.4 Å². The highest BCUT2D eigenvalue weighted by atomic mass is 35.5. The summed E-state index contributed by atoms with van der Waals surface area (Å²) in [5.74, 6) is 0. The van der Waals surface area contributed by atoms with Gasteiger partial charge in [0.05, 0.1) is 0 Å². The molecule has 3 nitrogen and oxygen atoms in total. The maximum Gasteiger partial charge on any atom is 0.150 e. The van der Waals surface area contributed by atoms with Gasteiger partial charge in [-0.1, -0.05) is 24.3 Å². The molecular weight excluding hydrogens is 238 g/mol. The minimum absolute atomic E-state index is 0. The molecule has 17 heavy (non-hydrogen) atoms. The van der Waals surface area contributed by atoms with Crippen LogP contribution in [0.3, 0.4) is 0 Å². The minimum atomic E-state index is -0.476. The Labute approximate surface area is 108 Å². The molecule has 1 N–H and O–H groups in total. The molecule has 1 fully saturated rings. The topological polar surface area (TPSA) is 38.3 Å². The van der Waals surface area contributed by atoms with Crippen molar-refractivity contribution in [3.8, 4) is 0 Å². The molecule has 0 unspecified atom stereocenters. The van der Waals surface area contributed by atoms with E-state index in [9.17, 15) is 4.79 Å². The summed E-state index contributed by atoms with van der Waals surface area (Å²) < 4.78 is 5.64. The molecule has 0 aromatic heterocycles. The fourth-order valence-corrected chi connectivity index (χ4v) is 2.36. The lowest BCUT2D eigenvalue weighted by atomic mass is 9.90. The third-order valence-corrected chi connectivity index (χ3v) is 3.24. The first-order valence-corrected chi connectivity index (χ1v) is 5.67. The standard InChI is InChI=1S/C13H17NO2.ClH/c1-16-13(8-4-5-9-14-13)12-7-3-2-6-11(12)10-15;/h2-3,6-7,10,14H,4-5,8-9H2,1H3;1H/t13-;/m0./s1. The van der Waals surface area contributed by atoms with E-state index < -0.39 is 5.72 Å². The molecule has 0 radical (unpaired) electrons. The number of hydrogen-bond donors (Lipinski definition) is 1. The van der Waals surface area contributed by atoms with E-state index in [0.29, 0.717) is 5.56 Å². The van der Waals surface area contributed by atoms with Crippen molar-refractivity contribution in [1.29, 1.82) is 0 Å². The molecule has 0 spiro atoms. The summed E-state index contributed by atoms with van der Waals surface area (Å²) in [5.41, 5.74) is 1.18. The molecular formula is C13H18ClNO2. The number of hydrogen-bond acceptors (Lipinski definition) is 3. The van der Waals surface area contributed by atoms with E-state index in [1.807, 2.05) is 24.3 Å². The van der Waals surface area contributed by atoms with Crippen molar-refractivity contribution in [3.63, 3.8) is 0 Å². The Morgan fingerprint density at radius 2 is 2.12 bits per heavy atom. The highest BCUT2D eigenvalue weighted by molar-refractivity contribution is 5.85. The van der Waals surface area contributed by atoms with Crippen molar-refractivity contribution < 1.29 is 9.53 Å². The van der Waals surface area contributed by atoms with Crippen LogP contribution in [-0.4, -0.2) is 19.9 Å². The first-order valence-electron chi connectivity index (χ1n) is 5.67. The lowest BCUT2D eigenvalue weighted by molar-refractivity contribution is -0.0651. The number of aldehydes is 1. The molecule has 1 aromatic carbocycles. The van der Waals surface area contributed by atoms with E-state index in [2.05, 4.69) is 5.32 Å². The molecule has 1 saturated heterocycles. The maximum absolute atomic E-state index is 11.0. The number of halogens is 1. The molecule has 1 aromatic rings. The normalized spacial score (nSPS) is 23.8. The van der Waals surface area contributed by atoms with Crippen LogP contribution >= 0.6 is 12.4 Å². The Morgan fingerprint density at radius 3 is 2.71 bits per heavy atom. The monoisotopic (exact) mass is 255 g/mol. The molecule has 1 atom stereocenters. The molecule has 1 aliphatic heterocycles. The van der Waals surface area contributed by atoms with Crippen LogP contribution in [0.15, 0.2) is 24.3 Å². The highest BCUT2D eigenvalue weighted by Crippen LogP contribution is 2.32. The smallest absolute Gasteiger partial charge is 0.150 e. The van der Waals surface area contributed by atoms with Crippen LogP contribution in [0, 0.1) is 0 Å². The van der Waals surface area contributed by atoms with E-state index >= 15 is 0 Å². The second kappa shape index (κ2) is 6.15. The zero-order chi connectivity index (χ0) is 11.4. The van der Waals surface area contributed by atoms with Gasteiger partial charge in [0.15, 0.2) is 0 Å².